The van der Waals surface area contributed by atoms with Gasteiger partial charge >= 0.3 is 0 Å². The molecule has 0 saturated heterocycles. The molecular weight excluding hydrogens is 247 g/mol. The van der Waals surface area contributed by atoms with Gasteiger partial charge < -0.3 is 9.47 Å². The first-order valence-corrected chi connectivity index (χ1v) is 5.77. The quantitative estimate of drug-likeness (QED) is 0.625. The normalized spacial score (nSPS) is 10.4. The lowest BCUT2D eigenvalue weighted by molar-refractivity contribution is 0.344. The van der Waals surface area contributed by atoms with Crippen molar-refractivity contribution >= 4 is 31.7 Å². The smallest absolute Gasteiger partial charge is 0.162 e. The molecule has 0 aliphatic rings. The minimum Gasteiger partial charge on any atom is -0.493 e. The molecule has 4 nitrogen and oxygen atoms in total. The van der Waals surface area contributed by atoms with Gasteiger partial charge in [-0.25, -0.2) is 9.97 Å². The highest BCUT2D eigenvalue weighted by atomic mass is 35.5. The van der Waals surface area contributed by atoms with Crippen LogP contribution in [0.4, 0.5) is 0 Å². The molecule has 2 rings (SSSR count). The van der Waals surface area contributed by atoms with Gasteiger partial charge in [-0.05, 0) is 6.07 Å². The van der Waals surface area contributed by atoms with Gasteiger partial charge in [-0.1, -0.05) is 20.8 Å². The third kappa shape index (κ3) is 2.04. The Morgan fingerprint density at radius 3 is 2.81 bits per heavy atom. The molecule has 16 heavy (non-hydrogen) atoms. The van der Waals surface area contributed by atoms with E-state index >= 15 is 0 Å². The van der Waals surface area contributed by atoms with Crippen LogP contribution in [0.2, 0.25) is 5.15 Å². The summed E-state index contributed by atoms with van der Waals surface area (Å²) in [4.78, 5) is 8.03. The highest BCUT2D eigenvalue weighted by molar-refractivity contribution is 7.16. The maximum absolute atomic E-state index is 5.97. The molecule has 0 spiro atoms. The minimum atomic E-state index is 0.404. The van der Waals surface area contributed by atoms with Crippen LogP contribution in [0.1, 0.15) is 0 Å². The Kier molecular flexibility index (Phi) is 3.42. The van der Waals surface area contributed by atoms with Crippen molar-refractivity contribution in [3.63, 3.8) is 0 Å². The third-order valence-electron chi connectivity index (χ3n) is 2.11. The fraction of sp³-hybridized carbons (Fsp3) is 0.200. The molecule has 0 saturated carbocycles. The van der Waals surface area contributed by atoms with Crippen LogP contribution in [0.15, 0.2) is 18.5 Å². The Morgan fingerprint density at radius 2 is 2.12 bits per heavy atom. The second-order valence-corrected chi connectivity index (χ2v) is 3.69. The van der Waals surface area contributed by atoms with E-state index in [1.807, 2.05) is 0 Å². The Balaban J connectivity index is 2.65. The highest BCUT2D eigenvalue weighted by Gasteiger charge is 2.09. The van der Waals surface area contributed by atoms with Crippen LogP contribution in [0, 0.1) is 0 Å². The van der Waals surface area contributed by atoms with E-state index in [1.54, 1.807) is 19.2 Å². The first-order chi connectivity index (χ1) is 7.76. The number of aromatic nitrogens is 2. The molecule has 1 unspecified atom stereocenters. The molecule has 2 aromatic rings. The summed E-state index contributed by atoms with van der Waals surface area (Å²) in [6.07, 6.45) is 1.90. The third-order valence-corrected chi connectivity index (χ3v) is 2.58. The molecule has 6 heteroatoms. The summed E-state index contributed by atoms with van der Waals surface area (Å²) in [5.74, 6) is 1.26. The fourth-order valence-electron chi connectivity index (χ4n) is 1.39. The Hall–Kier alpha value is -1.12. The van der Waals surface area contributed by atoms with E-state index in [4.69, 9.17) is 21.1 Å². The molecule has 0 bridgehead atoms. The zero-order valence-electron chi connectivity index (χ0n) is 8.61. The maximum atomic E-state index is 5.97. The molecule has 0 amide bonds. The lowest BCUT2D eigenvalue weighted by atomic mass is 10.2. The molecule has 0 fully saturated rings. The highest BCUT2D eigenvalue weighted by Crippen LogP contribution is 2.33. The van der Waals surface area contributed by atoms with E-state index in [1.165, 1.54) is 6.33 Å². The van der Waals surface area contributed by atoms with Gasteiger partial charge in [0.1, 0.15) is 17.8 Å². The zero-order chi connectivity index (χ0) is 11.5. The van der Waals surface area contributed by atoms with Gasteiger partial charge in [0.25, 0.3) is 0 Å². The summed E-state index contributed by atoms with van der Waals surface area (Å²) in [5, 5.41) is 1.15. The Morgan fingerprint density at radius 1 is 1.31 bits per heavy atom. The average Bonchev–Trinajstić information content (AvgIpc) is 2.30. The second-order valence-electron chi connectivity index (χ2n) is 3.00. The van der Waals surface area contributed by atoms with Crippen LogP contribution in [-0.2, 0) is 0 Å². The molecule has 0 aliphatic heterocycles. The number of hydrogen-bond acceptors (Lipinski definition) is 4. The summed E-state index contributed by atoms with van der Waals surface area (Å²) >= 11 is 5.97. The minimum absolute atomic E-state index is 0.404. The van der Waals surface area contributed by atoms with E-state index in [0.717, 1.165) is 10.9 Å². The van der Waals surface area contributed by atoms with Crippen molar-refractivity contribution in [2.45, 2.75) is 0 Å². The molecule has 84 valence electrons. The van der Waals surface area contributed by atoms with E-state index in [-0.39, 0.29) is 0 Å². The number of fused-ring (bicyclic) bond motifs is 1. The summed E-state index contributed by atoms with van der Waals surface area (Å²) < 4.78 is 10.6. The number of methoxy groups -OCH3 is 1. The standard InChI is InChI=1S/C10H10ClN2O2P/c1-14-8-3-7-6(2-9(8)15-5-16)10(11)13-4-12-7/h2-4H,5,16H2,1H3. The predicted molar refractivity (Wildman–Crippen MR) is 66.3 cm³/mol. The van der Waals surface area contributed by atoms with Crippen molar-refractivity contribution in [1.82, 2.24) is 9.97 Å². The summed E-state index contributed by atoms with van der Waals surface area (Å²) in [6, 6.07) is 3.55. The first kappa shape index (κ1) is 11.4. The molecule has 1 atom stereocenters. The fourth-order valence-corrected chi connectivity index (χ4v) is 1.77. The van der Waals surface area contributed by atoms with Crippen LogP contribution in [0.3, 0.4) is 0 Å². The summed E-state index contributed by atoms with van der Waals surface area (Å²) in [5.41, 5.74) is 0.730. The van der Waals surface area contributed by atoms with Crippen molar-refractivity contribution in [3.8, 4) is 11.5 Å². The molecule has 1 aromatic heterocycles. The van der Waals surface area contributed by atoms with Crippen molar-refractivity contribution in [3.05, 3.63) is 23.6 Å². The van der Waals surface area contributed by atoms with Gasteiger partial charge in [0.15, 0.2) is 11.5 Å². The first-order valence-electron chi connectivity index (χ1n) is 4.57. The molecule has 1 aromatic carbocycles. The average molecular weight is 257 g/mol. The monoisotopic (exact) mass is 256 g/mol. The largest absolute Gasteiger partial charge is 0.493 e. The molecule has 0 N–H and O–H groups in total. The van der Waals surface area contributed by atoms with Gasteiger partial charge in [-0.2, -0.15) is 0 Å². The predicted octanol–water partition coefficient (Wildman–Crippen LogP) is 2.50. The number of halogens is 1. The SMILES string of the molecule is COc1cc2ncnc(Cl)c2cc1OCP. The number of ether oxygens (including phenoxy) is 2. The van der Waals surface area contributed by atoms with Crippen LogP contribution in [-0.4, -0.2) is 23.4 Å². The van der Waals surface area contributed by atoms with E-state index in [9.17, 15) is 0 Å². The van der Waals surface area contributed by atoms with Gasteiger partial charge in [0, 0.05) is 11.5 Å². The van der Waals surface area contributed by atoms with E-state index in [2.05, 4.69) is 19.2 Å². The molecular formula is C10H10ClN2O2P. The second kappa shape index (κ2) is 4.81. The van der Waals surface area contributed by atoms with Crippen molar-refractivity contribution in [2.75, 3.05) is 13.5 Å². The van der Waals surface area contributed by atoms with Crippen LogP contribution >= 0.6 is 20.8 Å². The Bertz CT molecular complexity index is 521. The van der Waals surface area contributed by atoms with Gasteiger partial charge in [-0.3, -0.25) is 0 Å². The van der Waals surface area contributed by atoms with Crippen molar-refractivity contribution < 1.29 is 9.47 Å². The maximum Gasteiger partial charge on any atom is 0.162 e. The van der Waals surface area contributed by atoms with E-state index < -0.39 is 0 Å². The number of nitrogens with zero attached hydrogens (tertiary/aromatic N) is 2. The summed E-state index contributed by atoms with van der Waals surface area (Å²) in [6.45, 7) is 0. The lowest BCUT2D eigenvalue weighted by Crippen LogP contribution is -1.95. The number of benzene rings is 1. The van der Waals surface area contributed by atoms with Gasteiger partial charge in [-0.15, -0.1) is 0 Å². The topological polar surface area (TPSA) is 44.2 Å². The van der Waals surface area contributed by atoms with E-state index in [0.29, 0.717) is 23.0 Å². The number of rotatable bonds is 3. The van der Waals surface area contributed by atoms with Gasteiger partial charge in [0.05, 0.1) is 12.6 Å². The molecule has 0 aliphatic carbocycles. The van der Waals surface area contributed by atoms with Crippen molar-refractivity contribution in [1.29, 1.82) is 0 Å². The van der Waals surface area contributed by atoms with Crippen molar-refractivity contribution in [2.24, 2.45) is 0 Å². The zero-order valence-corrected chi connectivity index (χ0v) is 10.5. The lowest BCUT2D eigenvalue weighted by Gasteiger charge is -2.10. The van der Waals surface area contributed by atoms with Crippen LogP contribution in [0.25, 0.3) is 10.9 Å². The summed E-state index contributed by atoms with van der Waals surface area (Å²) in [7, 11) is 4.06. The molecule has 1 heterocycles. The van der Waals surface area contributed by atoms with Crippen LogP contribution < -0.4 is 9.47 Å². The Labute approximate surface area is 100 Å². The van der Waals surface area contributed by atoms with Gasteiger partial charge in [0.2, 0.25) is 0 Å². The molecule has 0 radical (unpaired) electrons. The number of hydrogen-bond donors (Lipinski definition) is 0. The van der Waals surface area contributed by atoms with Crippen LogP contribution in [0.5, 0.6) is 11.5 Å².